The summed E-state index contributed by atoms with van der Waals surface area (Å²) in [4.78, 5) is 13.4. The monoisotopic (exact) mass is 314 g/mol. The maximum Gasteiger partial charge on any atom is 0.409 e. The molecule has 6 nitrogen and oxygen atoms in total. The van der Waals surface area contributed by atoms with Crippen LogP contribution in [0.15, 0.2) is 0 Å². The average Bonchev–Trinajstić information content (AvgIpc) is 2.71. The first-order valence-electron chi connectivity index (χ1n) is 7.36. The van der Waals surface area contributed by atoms with Gasteiger partial charge in [0.2, 0.25) is 0 Å². The number of rotatable bonds is 4. The molecule has 1 aromatic rings. The maximum atomic E-state index is 11.6. The number of amides is 1. The number of hydrogen-bond acceptors (Lipinski definition) is 4. The summed E-state index contributed by atoms with van der Waals surface area (Å²) >= 11 is 6.22. The van der Waals surface area contributed by atoms with E-state index in [4.69, 9.17) is 16.3 Å². The van der Waals surface area contributed by atoms with Crippen molar-refractivity contribution in [3.63, 3.8) is 0 Å². The van der Waals surface area contributed by atoms with Gasteiger partial charge in [-0.05, 0) is 26.7 Å². The number of nitrogens with one attached hydrogen (secondary N) is 1. The smallest absolute Gasteiger partial charge is 0.409 e. The van der Waals surface area contributed by atoms with Gasteiger partial charge in [-0.25, -0.2) is 4.79 Å². The van der Waals surface area contributed by atoms with Crippen molar-refractivity contribution in [2.45, 2.75) is 39.3 Å². The normalized spacial score (nSPS) is 16.3. The van der Waals surface area contributed by atoms with Crippen LogP contribution in [0.2, 0.25) is 5.15 Å². The van der Waals surface area contributed by atoms with Gasteiger partial charge in [-0.15, -0.1) is 0 Å². The summed E-state index contributed by atoms with van der Waals surface area (Å²) < 4.78 is 6.71. The van der Waals surface area contributed by atoms with E-state index in [0.717, 1.165) is 37.2 Å². The Hall–Kier alpha value is -1.27. The van der Waals surface area contributed by atoms with E-state index in [2.05, 4.69) is 10.4 Å². The van der Waals surface area contributed by atoms with Crippen LogP contribution >= 0.6 is 11.6 Å². The largest absolute Gasteiger partial charge is 0.450 e. The fraction of sp³-hybridized carbons (Fsp3) is 0.714. The van der Waals surface area contributed by atoms with Crippen molar-refractivity contribution < 1.29 is 9.53 Å². The van der Waals surface area contributed by atoms with Crippen molar-refractivity contribution in [2.24, 2.45) is 7.05 Å². The number of carbonyl (C=O) groups is 1. The maximum absolute atomic E-state index is 11.6. The van der Waals surface area contributed by atoms with Gasteiger partial charge < -0.3 is 15.0 Å². The Balaban J connectivity index is 1.80. The van der Waals surface area contributed by atoms with Crippen LogP contribution in [-0.4, -0.2) is 46.5 Å². The van der Waals surface area contributed by atoms with Gasteiger partial charge in [-0.3, -0.25) is 4.68 Å². The minimum atomic E-state index is -0.206. The zero-order chi connectivity index (χ0) is 15.4. The Morgan fingerprint density at radius 3 is 2.67 bits per heavy atom. The van der Waals surface area contributed by atoms with Crippen LogP contribution in [0, 0.1) is 6.92 Å². The van der Waals surface area contributed by atoms with E-state index in [1.807, 2.05) is 20.9 Å². The lowest BCUT2D eigenvalue weighted by Crippen LogP contribution is -2.44. The molecule has 0 bridgehead atoms. The van der Waals surface area contributed by atoms with Crippen LogP contribution in [-0.2, 0) is 18.3 Å². The van der Waals surface area contributed by atoms with Gasteiger partial charge >= 0.3 is 6.09 Å². The molecule has 21 heavy (non-hydrogen) atoms. The molecule has 1 N–H and O–H groups in total. The number of ether oxygens (including phenoxy) is 1. The van der Waals surface area contributed by atoms with Crippen LogP contribution < -0.4 is 5.32 Å². The number of nitrogens with zero attached hydrogens (tertiary/aromatic N) is 3. The molecule has 118 valence electrons. The minimum absolute atomic E-state index is 0.206. The molecule has 0 radical (unpaired) electrons. The molecular formula is C14H23ClN4O2. The van der Waals surface area contributed by atoms with Crippen molar-refractivity contribution in [3.05, 3.63) is 16.4 Å². The Morgan fingerprint density at radius 2 is 2.14 bits per heavy atom. The van der Waals surface area contributed by atoms with Crippen molar-refractivity contribution in [1.29, 1.82) is 0 Å². The molecule has 1 saturated heterocycles. The summed E-state index contributed by atoms with van der Waals surface area (Å²) in [5.41, 5.74) is 2.01. The molecule has 1 fully saturated rings. The van der Waals surface area contributed by atoms with Crippen LogP contribution in [0.25, 0.3) is 0 Å². The molecule has 2 rings (SSSR count). The standard InChI is InChI=1S/C14H23ClN4O2/c1-4-21-14(20)19-7-5-11(6-8-19)16-9-12-10(2)17-18(3)13(12)15/h11,16H,4-9H2,1-3H3. The van der Waals surface area contributed by atoms with Gasteiger partial charge in [-0.1, -0.05) is 11.6 Å². The summed E-state index contributed by atoms with van der Waals surface area (Å²) in [6.45, 7) is 6.39. The first-order chi connectivity index (χ1) is 10.0. The summed E-state index contributed by atoms with van der Waals surface area (Å²) in [6, 6.07) is 0.395. The van der Waals surface area contributed by atoms with E-state index >= 15 is 0 Å². The number of likely N-dealkylation sites (tertiary alicyclic amines) is 1. The number of hydrogen-bond donors (Lipinski definition) is 1. The molecule has 0 atom stereocenters. The third kappa shape index (κ3) is 3.89. The molecule has 0 aromatic carbocycles. The van der Waals surface area contributed by atoms with Crippen LogP contribution in [0.5, 0.6) is 0 Å². The molecule has 7 heteroatoms. The quantitative estimate of drug-likeness (QED) is 0.924. The van der Waals surface area contributed by atoms with E-state index in [1.165, 1.54) is 0 Å². The first kappa shape index (κ1) is 16.1. The molecule has 1 aliphatic heterocycles. The van der Waals surface area contributed by atoms with Crippen molar-refractivity contribution in [1.82, 2.24) is 20.0 Å². The van der Waals surface area contributed by atoms with Crippen molar-refractivity contribution in [2.75, 3.05) is 19.7 Å². The third-order valence-electron chi connectivity index (χ3n) is 3.86. The zero-order valence-electron chi connectivity index (χ0n) is 12.9. The topological polar surface area (TPSA) is 59.4 Å². The Kier molecular flexibility index (Phi) is 5.47. The van der Waals surface area contributed by atoms with Gasteiger partial charge in [-0.2, -0.15) is 5.10 Å². The van der Waals surface area contributed by atoms with E-state index in [9.17, 15) is 4.79 Å². The molecule has 1 aromatic heterocycles. The highest BCUT2D eigenvalue weighted by molar-refractivity contribution is 6.30. The van der Waals surface area contributed by atoms with Crippen LogP contribution in [0.1, 0.15) is 31.0 Å². The Labute approximate surface area is 130 Å². The van der Waals surface area contributed by atoms with Gasteiger partial charge in [0, 0.05) is 38.3 Å². The predicted molar refractivity (Wildman–Crippen MR) is 81.4 cm³/mol. The number of aromatic nitrogens is 2. The lowest BCUT2D eigenvalue weighted by Gasteiger charge is -2.31. The Morgan fingerprint density at radius 1 is 1.48 bits per heavy atom. The number of aryl methyl sites for hydroxylation is 2. The fourth-order valence-corrected chi connectivity index (χ4v) is 2.84. The summed E-state index contributed by atoms with van der Waals surface area (Å²) in [5.74, 6) is 0. The average molecular weight is 315 g/mol. The van der Waals surface area contributed by atoms with Gasteiger partial charge in [0.1, 0.15) is 5.15 Å². The van der Waals surface area contributed by atoms with E-state index in [1.54, 1.807) is 9.58 Å². The third-order valence-corrected chi connectivity index (χ3v) is 4.33. The van der Waals surface area contributed by atoms with Crippen LogP contribution in [0.3, 0.4) is 0 Å². The highest BCUT2D eigenvalue weighted by Crippen LogP contribution is 2.19. The molecule has 0 aliphatic carbocycles. The number of piperidine rings is 1. The minimum Gasteiger partial charge on any atom is -0.450 e. The second-order valence-electron chi connectivity index (χ2n) is 5.32. The SMILES string of the molecule is CCOC(=O)N1CCC(NCc2c(C)nn(C)c2Cl)CC1. The van der Waals surface area contributed by atoms with Gasteiger partial charge in [0.05, 0.1) is 12.3 Å². The van der Waals surface area contributed by atoms with E-state index in [-0.39, 0.29) is 6.09 Å². The first-order valence-corrected chi connectivity index (χ1v) is 7.73. The summed E-state index contributed by atoms with van der Waals surface area (Å²) in [7, 11) is 1.84. The molecule has 2 heterocycles. The van der Waals surface area contributed by atoms with Crippen LogP contribution in [0.4, 0.5) is 4.79 Å². The molecular weight excluding hydrogens is 292 g/mol. The van der Waals surface area contributed by atoms with E-state index < -0.39 is 0 Å². The molecule has 0 spiro atoms. The van der Waals surface area contributed by atoms with Crippen molar-refractivity contribution in [3.8, 4) is 0 Å². The lowest BCUT2D eigenvalue weighted by molar-refractivity contribution is 0.0950. The molecule has 1 aliphatic rings. The fourth-order valence-electron chi connectivity index (χ4n) is 2.60. The second-order valence-corrected chi connectivity index (χ2v) is 5.68. The number of carbonyl (C=O) groups excluding carboxylic acids is 1. The highest BCUT2D eigenvalue weighted by Gasteiger charge is 2.23. The molecule has 1 amide bonds. The van der Waals surface area contributed by atoms with E-state index in [0.29, 0.717) is 24.3 Å². The van der Waals surface area contributed by atoms with Gasteiger partial charge in [0.15, 0.2) is 0 Å². The molecule has 0 saturated carbocycles. The second kappa shape index (κ2) is 7.13. The highest BCUT2D eigenvalue weighted by atomic mass is 35.5. The van der Waals surface area contributed by atoms with Gasteiger partial charge in [0.25, 0.3) is 0 Å². The predicted octanol–water partition coefficient (Wildman–Crippen LogP) is 2.09. The Bertz CT molecular complexity index is 495. The summed E-state index contributed by atoms with van der Waals surface area (Å²) in [6.07, 6.45) is 1.65. The molecule has 0 unspecified atom stereocenters. The lowest BCUT2D eigenvalue weighted by atomic mass is 10.1. The zero-order valence-corrected chi connectivity index (χ0v) is 13.6. The van der Waals surface area contributed by atoms with Crippen molar-refractivity contribution >= 4 is 17.7 Å². The number of halogens is 1. The summed E-state index contributed by atoms with van der Waals surface area (Å²) in [5, 5.41) is 8.50.